The number of rotatable bonds is 6. The summed E-state index contributed by atoms with van der Waals surface area (Å²) in [5.41, 5.74) is 1.10. The van der Waals surface area contributed by atoms with Crippen LogP contribution in [0.15, 0.2) is 0 Å². The maximum atomic E-state index is 9.73. The minimum Gasteiger partial charge on any atom is -0.396 e. The van der Waals surface area contributed by atoms with E-state index in [0.717, 1.165) is 42.4 Å². The minimum absolute atomic E-state index is 0.0386. The zero-order chi connectivity index (χ0) is 14.9. The van der Waals surface area contributed by atoms with Crippen LogP contribution in [0.3, 0.4) is 0 Å². The van der Waals surface area contributed by atoms with Gasteiger partial charge in [0.1, 0.15) is 17.5 Å². The summed E-state index contributed by atoms with van der Waals surface area (Å²) in [7, 11) is 1.90. The lowest BCUT2D eigenvalue weighted by Gasteiger charge is -2.27. The number of aromatic nitrogens is 2. The Morgan fingerprint density at radius 2 is 1.86 bits per heavy atom. The summed E-state index contributed by atoms with van der Waals surface area (Å²) in [4.78, 5) is 9.34. The molecule has 5 heteroatoms. The zero-order valence-electron chi connectivity index (χ0n) is 13.1. The molecule has 0 bridgehead atoms. The van der Waals surface area contributed by atoms with Gasteiger partial charge in [0.05, 0.1) is 6.61 Å². The highest BCUT2D eigenvalue weighted by Crippen LogP contribution is 2.40. The highest BCUT2D eigenvalue weighted by Gasteiger charge is 2.33. The van der Waals surface area contributed by atoms with Crippen molar-refractivity contribution in [2.75, 3.05) is 30.8 Å². The van der Waals surface area contributed by atoms with Crippen molar-refractivity contribution in [3.8, 4) is 0 Å². The van der Waals surface area contributed by atoms with Gasteiger partial charge in [-0.3, -0.25) is 0 Å². The molecule has 0 aromatic carbocycles. The second kappa shape index (κ2) is 5.79. The largest absolute Gasteiger partial charge is 0.396 e. The SMILES string of the molecule is CNc1nc(C2CC2)nc(NCC2(CO)CCCC2)c1C. The normalized spacial score (nSPS) is 20.5. The average Bonchev–Trinajstić information content (AvgIpc) is 3.25. The van der Waals surface area contributed by atoms with Crippen molar-refractivity contribution in [1.82, 2.24) is 9.97 Å². The average molecular weight is 290 g/mol. The van der Waals surface area contributed by atoms with Gasteiger partial charge in [-0.2, -0.15) is 0 Å². The molecule has 0 aliphatic heterocycles. The maximum absolute atomic E-state index is 9.73. The molecule has 0 amide bonds. The molecule has 2 fully saturated rings. The second-order valence-electron chi connectivity index (χ2n) is 6.65. The highest BCUT2D eigenvalue weighted by atomic mass is 16.3. The first-order valence-electron chi connectivity index (χ1n) is 8.08. The van der Waals surface area contributed by atoms with E-state index in [1.165, 1.54) is 25.7 Å². The Bertz CT molecular complexity index is 507. The molecule has 2 aliphatic carbocycles. The molecule has 5 nitrogen and oxygen atoms in total. The van der Waals surface area contributed by atoms with Crippen LogP contribution in [0.4, 0.5) is 11.6 Å². The summed E-state index contributed by atoms with van der Waals surface area (Å²) in [5, 5.41) is 16.4. The van der Waals surface area contributed by atoms with E-state index in [1.54, 1.807) is 0 Å². The lowest BCUT2D eigenvalue weighted by atomic mass is 9.87. The first-order valence-corrected chi connectivity index (χ1v) is 8.08. The maximum Gasteiger partial charge on any atom is 0.136 e. The zero-order valence-corrected chi connectivity index (χ0v) is 13.1. The van der Waals surface area contributed by atoms with Crippen molar-refractivity contribution in [3.63, 3.8) is 0 Å². The quantitative estimate of drug-likeness (QED) is 0.751. The van der Waals surface area contributed by atoms with Gasteiger partial charge < -0.3 is 15.7 Å². The standard InChI is InChI=1S/C16H26N4O/c1-11-13(17-2)19-15(12-5-6-12)20-14(11)18-9-16(10-21)7-3-4-8-16/h12,21H,3-10H2,1-2H3,(H2,17,18,19,20). The second-order valence-corrected chi connectivity index (χ2v) is 6.65. The Morgan fingerprint density at radius 1 is 1.19 bits per heavy atom. The molecule has 2 aliphatic rings. The summed E-state index contributed by atoms with van der Waals surface area (Å²) in [5.74, 6) is 3.34. The molecule has 1 aromatic heterocycles. The van der Waals surface area contributed by atoms with Gasteiger partial charge in [-0.1, -0.05) is 12.8 Å². The van der Waals surface area contributed by atoms with Crippen LogP contribution in [-0.2, 0) is 0 Å². The number of anilines is 2. The molecule has 1 heterocycles. The summed E-state index contributed by atoms with van der Waals surface area (Å²) in [6.07, 6.45) is 7.06. The number of aliphatic hydroxyl groups is 1. The van der Waals surface area contributed by atoms with E-state index in [-0.39, 0.29) is 12.0 Å². The topological polar surface area (TPSA) is 70.1 Å². The Kier molecular flexibility index (Phi) is 4.02. The number of hydrogen-bond acceptors (Lipinski definition) is 5. The third-order valence-electron chi connectivity index (χ3n) is 4.97. The molecular weight excluding hydrogens is 264 g/mol. The van der Waals surface area contributed by atoms with Crippen LogP contribution in [0.5, 0.6) is 0 Å². The van der Waals surface area contributed by atoms with E-state index in [1.807, 2.05) is 14.0 Å². The molecule has 0 atom stereocenters. The van der Waals surface area contributed by atoms with Crippen LogP contribution in [0, 0.1) is 12.3 Å². The van der Waals surface area contributed by atoms with Crippen molar-refractivity contribution in [2.45, 2.75) is 51.4 Å². The van der Waals surface area contributed by atoms with Gasteiger partial charge in [0, 0.05) is 30.5 Å². The monoisotopic (exact) mass is 290 g/mol. The number of hydrogen-bond donors (Lipinski definition) is 3. The molecule has 0 saturated heterocycles. The van der Waals surface area contributed by atoms with Crippen LogP contribution < -0.4 is 10.6 Å². The molecule has 1 aromatic rings. The van der Waals surface area contributed by atoms with Gasteiger partial charge in [-0.25, -0.2) is 9.97 Å². The van der Waals surface area contributed by atoms with Crippen LogP contribution in [-0.4, -0.2) is 35.3 Å². The number of nitrogens with one attached hydrogen (secondary N) is 2. The van der Waals surface area contributed by atoms with Crippen LogP contribution >= 0.6 is 0 Å². The van der Waals surface area contributed by atoms with Gasteiger partial charge in [-0.15, -0.1) is 0 Å². The Hall–Kier alpha value is -1.36. The fourth-order valence-corrected chi connectivity index (χ4v) is 3.26. The fourth-order valence-electron chi connectivity index (χ4n) is 3.26. The van der Waals surface area contributed by atoms with Crippen molar-refractivity contribution in [2.24, 2.45) is 5.41 Å². The van der Waals surface area contributed by atoms with Crippen LogP contribution in [0.2, 0.25) is 0 Å². The third-order valence-corrected chi connectivity index (χ3v) is 4.97. The third kappa shape index (κ3) is 2.98. The number of nitrogens with zero attached hydrogens (tertiary/aromatic N) is 2. The van der Waals surface area contributed by atoms with Crippen LogP contribution in [0.25, 0.3) is 0 Å². The summed E-state index contributed by atoms with van der Waals surface area (Å²) < 4.78 is 0. The van der Waals surface area contributed by atoms with Crippen molar-refractivity contribution in [3.05, 3.63) is 11.4 Å². The van der Waals surface area contributed by atoms with E-state index < -0.39 is 0 Å². The van der Waals surface area contributed by atoms with Gasteiger partial charge in [0.2, 0.25) is 0 Å². The summed E-state index contributed by atoms with van der Waals surface area (Å²) >= 11 is 0. The summed E-state index contributed by atoms with van der Waals surface area (Å²) in [6.45, 7) is 3.11. The van der Waals surface area contributed by atoms with E-state index in [0.29, 0.717) is 5.92 Å². The molecule has 3 N–H and O–H groups in total. The molecule has 2 saturated carbocycles. The van der Waals surface area contributed by atoms with Crippen molar-refractivity contribution < 1.29 is 5.11 Å². The van der Waals surface area contributed by atoms with E-state index in [2.05, 4.69) is 15.6 Å². The van der Waals surface area contributed by atoms with Gasteiger partial charge >= 0.3 is 0 Å². The molecule has 21 heavy (non-hydrogen) atoms. The fraction of sp³-hybridized carbons (Fsp3) is 0.750. The highest BCUT2D eigenvalue weighted by molar-refractivity contribution is 5.57. The lowest BCUT2D eigenvalue weighted by Crippen LogP contribution is -2.31. The Morgan fingerprint density at radius 3 is 2.43 bits per heavy atom. The molecule has 116 valence electrons. The van der Waals surface area contributed by atoms with Crippen LogP contribution in [0.1, 0.15) is 55.8 Å². The van der Waals surface area contributed by atoms with Gasteiger partial charge in [0.15, 0.2) is 0 Å². The molecule has 3 rings (SSSR count). The van der Waals surface area contributed by atoms with E-state index >= 15 is 0 Å². The van der Waals surface area contributed by atoms with E-state index in [9.17, 15) is 5.11 Å². The molecule has 0 radical (unpaired) electrons. The Balaban J connectivity index is 1.79. The Labute approximate surface area is 126 Å². The first-order chi connectivity index (χ1) is 10.2. The lowest BCUT2D eigenvalue weighted by molar-refractivity contribution is 0.142. The van der Waals surface area contributed by atoms with Crippen molar-refractivity contribution in [1.29, 1.82) is 0 Å². The minimum atomic E-state index is 0.0386. The van der Waals surface area contributed by atoms with Gasteiger partial charge in [-0.05, 0) is 32.6 Å². The number of aliphatic hydroxyl groups excluding tert-OH is 1. The van der Waals surface area contributed by atoms with E-state index in [4.69, 9.17) is 4.98 Å². The first kappa shape index (κ1) is 14.6. The molecular formula is C16H26N4O. The predicted octanol–water partition coefficient (Wildman–Crippen LogP) is 2.67. The molecule has 0 spiro atoms. The molecule has 0 unspecified atom stereocenters. The predicted molar refractivity (Wildman–Crippen MR) is 84.8 cm³/mol. The summed E-state index contributed by atoms with van der Waals surface area (Å²) in [6, 6.07) is 0. The smallest absolute Gasteiger partial charge is 0.136 e. The van der Waals surface area contributed by atoms with Crippen molar-refractivity contribution >= 4 is 11.6 Å². The van der Waals surface area contributed by atoms with Gasteiger partial charge in [0.25, 0.3) is 0 Å².